The average Bonchev–Trinajstić information content (AvgIpc) is 2.49. The minimum atomic E-state index is -2.04. The topological polar surface area (TPSA) is 46.2 Å². The Morgan fingerprint density at radius 3 is 1.36 bits per heavy atom. The first-order valence-electron chi connectivity index (χ1n) is 12.5. The molecule has 0 N–H and O–H groups in total. The van der Waals surface area contributed by atoms with Crippen molar-refractivity contribution in [2.24, 2.45) is 0 Å². The molecule has 1 atom stereocenters. The summed E-state index contributed by atoms with van der Waals surface area (Å²) in [5.74, 6) is -0.504. The first kappa shape index (κ1) is 35.7. The predicted octanol–water partition coefficient (Wildman–Crippen LogP) is 8.15. The quantitative estimate of drug-likeness (QED) is 0.174. The SMILES string of the molecule is C=C[Si](C)(C)O[Si](C)(C)O[Si](C)(C)C=C.C[SiH](OC(C)(C)O[Si](C)(C)C)O[Si](C)(C)C.[2H]CC.[HH]. The first-order valence-corrected chi connectivity index (χ1v) is 29.5. The largest absolute Gasteiger partial charge is 0.438 e. The van der Waals surface area contributed by atoms with Crippen LogP contribution in [0, 0.1) is 0 Å². The van der Waals surface area contributed by atoms with Crippen molar-refractivity contribution in [3.05, 3.63) is 24.6 Å². The van der Waals surface area contributed by atoms with Gasteiger partial charge in [-0.15, -0.1) is 13.2 Å². The highest BCUT2D eigenvalue weighted by molar-refractivity contribution is 6.90. The molecule has 0 bridgehead atoms. The van der Waals surface area contributed by atoms with Crippen LogP contribution in [0.5, 0.6) is 0 Å². The number of hydrogen-bond acceptors (Lipinski definition) is 5. The van der Waals surface area contributed by atoms with Crippen LogP contribution in [-0.4, -0.2) is 56.9 Å². The molecule has 0 fully saturated rings. The van der Waals surface area contributed by atoms with E-state index >= 15 is 0 Å². The van der Waals surface area contributed by atoms with E-state index < -0.39 is 56.9 Å². The van der Waals surface area contributed by atoms with Gasteiger partial charge in [-0.2, -0.15) is 0 Å². The Kier molecular flexibility index (Phi) is 16.2. The van der Waals surface area contributed by atoms with Gasteiger partial charge in [0.05, 0.1) is 0 Å². The maximum absolute atomic E-state index is 6.21. The second-order valence-corrected chi connectivity index (χ2v) is 34.4. The summed E-state index contributed by atoms with van der Waals surface area (Å²) in [5, 5.41) is 0. The van der Waals surface area contributed by atoms with Gasteiger partial charge in [0.25, 0.3) is 0 Å². The summed E-state index contributed by atoms with van der Waals surface area (Å²) >= 11 is 0. The zero-order chi connectivity index (χ0) is 28.2. The summed E-state index contributed by atoms with van der Waals surface area (Å²) in [6.07, 6.45) is 0. The van der Waals surface area contributed by atoms with Gasteiger partial charge in [0, 0.05) is 2.80 Å². The van der Waals surface area contributed by atoms with Crippen LogP contribution in [0.2, 0.25) is 85.1 Å². The van der Waals surface area contributed by atoms with Crippen LogP contribution in [0.25, 0.3) is 0 Å². The molecule has 5 nitrogen and oxygen atoms in total. The van der Waals surface area contributed by atoms with E-state index in [4.69, 9.17) is 22.6 Å². The molecule has 0 radical (unpaired) electrons. The zero-order valence-electron chi connectivity index (χ0n) is 25.9. The Labute approximate surface area is 217 Å². The van der Waals surface area contributed by atoms with Crippen LogP contribution in [0.1, 0.15) is 30.5 Å². The predicted molar refractivity (Wildman–Crippen MR) is 166 cm³/mol. The van der Waals surface area contributed by atoms with Crippen molar-refractivity contribution in [2.75, 3.05) is 0 Å². The van der Waals surface area contributed by atoms with Crippen molar-refractivity contribution < 1.29 is 24.0 Å². The van der Waals surface area contributed by atoms with E-state index in [0.717, 1.165) is 0 Å². The van der Waals surface area contributed by atoms with E-state index in [1.54, 1.807) is 6.92 Å². The molecule has 11 heteroatoms. The molecule has 0 aromatic carbocycles. The van der Waals surface area contributed by atoms with Crippen molar-refractivity contribution in [3.63, 3.8) is 0 Å². The van der Waals surface area contributed by atoms with Gasteiger partial charge < -0.3 is 21.2 Å². The van der Waals surface area contributed by atoms with Crippen molar-refractivity contribution >= 4 is 51.1 Å². The van der Waals surface area contributed by atoms with Crippen LogP contribution in [0.3, 0.4) is 0 Å². The Hall–Kier alpha value is 0.581. The molecule has 202 valence electrons. The average molecular weight is 574 g/mol. The Balaban J connectivity index is -0.000000241. The summed E-state index contributed by atoms with van der Waals surface area (Å²) in [5.41, 5.74) is 3.90. The summed E-state index contributed by atoms with van der Waals surface area (Å²) < 4.78 is 36.4. The van der Waals surface area contributed by atoms with E-state index in [9.17, 15) is 0 Å². The molecule has 0 saturated heterocycles. The molecule has 0 aromatic heterocycles. The summed E-state index contributed by atoms with van der Waals surface area (Å²) in [6, 6.07) is 0. The van der Waals surface area contributed by atoms with E-state index in [1.165, 1.54) is 0 Å². The highest BCUT2D eigenvalue weighted by atomic mass is 28.5. The van der Waals surface area contributed by atoms with Crippen LogP contribution < -0.4 is 0 Å². The van der Waals surface area contributed by atoms with Crippen LogP contribution >= 0.6 is 0 Å². The van der Waals surface area contributed by atoms with Gasteiger partial charge in [0.1, 0.15) is 5.79 Å². The smallest absolute Gasteiger partial charge is 0.311 e. The van der Waals surface area contributed by atoms with E-state index in [2.05, 4.69) is 98.3 Å². The lowest BCUT2D eigenvalue weighted by Gasteiger charge is -2.36. The molecule has 0 aliphatic heterocycles. The van der Waals surface area contributed by atoms with E-state index in [1.807, 2.05) is 25.2 Å². The molecule has 33 heavy (non-hydrogen) atoms. The van der Waals surface area contributed by atoms with Crippen LogP contribution in [0.15, 0.2) is 24.6 Å². The van der Waals surface area contributed by atoms with Crippen molar-refractivity contribution in [2.45, 2.75) is 119 Å². The number of rotatable bonds is 12. The Morgan fingerprint density at radius 2 is 1.12 bits per heavy atom. The first-order chi connectivity index (χ1) is 14.8. The van der Waals surface area contributed by atoms with Crippen LogP contribution in [0.4, 0.5) is 0 Å². The molecule has 0 aliphatic carbocycles. The molecule has 0 heterocycles. The van der Waals surface area contributed by atoms with Gasteiger partial charge in [-0.05, 0) is 99.0 Å². The van der Waals surface area contributed by atoms with Gasteiger partial charge in [-0.25, -0.2) is 0 Å². The lowest BCUT2D eigenvalue weighted by atomic mass is 10.4. The summed E-state index contributed by atoms with van der Waals surface area (Å²) in [7, 11) is -10.1. The molecule has 0 aliphatic rings. The third-order valence-corrected chi connectivity index (χ3v) is 19.8. The minimum absolute atomic E-state index is 0. The fourth-order valence-corrected chi connectivity index (χ4v) is 21.0. The lowest BCUT2D eigenvalue weighted by molar-refractivity contribution is -0.0987. The molecule has 0 spiro atoms. The highest BCUT2D eigenvalue weighted by Crippen LogP contribution is 2.22. The minimum Gasteiger partial charge on any atom is -0.438 e. The summed E-state index contributed by atoms with van der Waals surface area (Å²) in [4.78, 5) is 0. The molecule has 1 unspecified atom stereocenters. The van der Waals surface area contributed by atoms with Gasteiger partial charge in [0.15, 0.2) is 33.3 Å². The number of hydrogen-bond donors (Lipinski definition) is 0. The molecular weight excluding hydrogens is 513 g/mol. The third kappa shape index (κ3) is 25.5. The Morgan fingerprint density at radius 1 is 0.788 bits per heavy atom. The maximum Gasteiger partial charge on any atom is 0.311 e. The third-order valence-electron chi connectivity index (χ3n) is 3.52. The van der Waals surface area contributed by atoms with Crippen molar-refractivity contribution in [1.82, 2.24) is 0 Å². The fourth-order valence-electron chi connectivity index (χ4n) is 3.05. The van der Waals surface area contributed by atoms with Gasteiger partial charge in [-0.1, -0.05) is 25.2 Å². The monoisotopic (exact) mass is 573 g/mol. The maximum atomic E-state index is 6.21. The standard InChI is InChI=1S/C10H28O3Si3.C10H24O2Si3.C2H6.H2/c1-10(2,12-15(4,5)6)11-14(3)13-16(7,8)9;1-9-13(3,4)11-15(7,8)12-14(5,6)10-2;1-2;/h14H,1-9H3;9-10H,1-2H2,3-8H3;1-2H3;1H/i;;1D;. The van der Waals surface area contributed by atoms with Gasteiger partial charge in [-0.3, -0.25) is 0 Å². The normalized spacial score (nSPS) is 14.7. The molecule has 0 saturated carbocycles. The molecular formula is C22H60O5Si6. The summed E-state index contributed by atoms with van der Waals surface area (Å²) in [6.45, 7) is 41.8. The molecule has 0 aromatic rings. The Bertz CT molecular complexity index is 568. The molecule has 0 amide bonds. The lowest BCUT2D eigenvalue weighted by Crippen LogP contribution is -2.51. The second kappa shape index (κ2) is 15.0. The van der Waals surface area contributed by atoms with Gasteiger partial charge in [0.2, 0.25) is 0 Å². The fraction of sp³-hybridized carbons (Fsp3) is 0.818. The molecule has 0 rings (SSSR count). The van der Waals surface area contributed by atoms with Crippen molar-refractivity contribution in [3.8, 4) is 0 Å². The van der Waals surface area contributed by atoms with E-state index in [0.29, 0.717) is 6.90 Å². The zero-order valence-corrected chi connectivity index (χ0v) is 31.0. The van der Waals surface area contributed by atoms with E-state index in [-0.39, 0.29) is 1.43 Å². The highest BCUT2D eigenvalue weighted by Gasteiger charge is 2.37. The van der Waals surface area contributed by atoms with Crippen LogP contribution in [-0.2, 0) is 21.2 Å². The van der Waals surface area contributed by atoms with Crippen molar-refractivity contribution in [1.29, 1.82) is 0 Å². The second-order valence-electron chi connectivity index (χ2n) is 11.7. The van der Waals surface area contributed by atoms with Gasteiger partial charge >= 0.3 is 17.8 Å².